The number of esters is 2. The minimum Gasteiger partial charge on any atom is -0.544 e. The molecule has 368 valence electrons. The zero-order valence-electron chi connectivity index (χ0n) is 42.0. The molecule has 0 aromatic heterocycles. The molecule has 0 rings (SSSR count). The predicted octanol–water partition coefficient (Wildman–Crippen LogP) is 14.0. The molecule has 63 heavy (non-hydrogen) atoms. The van der Waals surface area contributed by atoms with Crippen LogP contribution in [0.1, 0.15) is 245 Å². The number of aliphatic carboxylic acids is 1. The lowest BCUT2D eigenvalue weighted by atomic mass is 10.0. The van der Waals surface area contributed by atoms with Gasteiger partial charge in [-0.15, -0.1) is 0 Å². The molecule has 0 saturated heterocycles. The van der Waals surface area contributed by atoms with Gasteiger partial charge >= 0.3 is 11.9 Å². The number of nitrogens with zero attached hydrogens (tertiary/aromatic N) is 1. The number of unbranched alkanes of at least 4 members (excludes halogenated alkanes) is 28. The van der Waals surface area contributed by atoms with Crippen LogP contribution in [0.5, 0.6) is 0 Å². The molecule has 2 unspecified atom stereocenters. The first-order valence-electron chi connectivity index (χ1n) is 26.5. The normalized spacial score (nSPS) is 13.1. The number of allylic oxidation sites excluding steroid dienone is 6. The summed E-state index contributed by atoms with van der Waals surface area (Å²) in [6.45, 7) is 4.66. The number of likely N-dealkylation sites (N-methyl/N-ethyl adjacent to an activating group) is 1. The molecule has 8 heteroatoms. The summed E-state index contributed by atoms with van der Waals surface area (Å²) in [7, 11) is 5.42. The summed E-state index contributed by atoms with van der Waals surface area (Å²) in [5.74, 6) is -1.74. The molecule has 0 fully saturated rings. The quantitative estimate of drug-likeness (QED) is 0.0259. The predicted molar refractivity (Wildman–Crippen MR) is 263 cm³/mol. The Kier molecular flexibility index (Phi) is 44.3. The van der Waals surface area contributed by atoms with Crippen LogP contribution in [0.4, 0.5) is 0 Å². The number of carboxylic acids is 1. The summed E-state index contributed by atoms with van der Waals surface area (Å²) in [5.41, 5.74) is 0. The van der Waals surface area contributed by atoms with Gasteiger partial charge in [-0.25, -0.2) is 0 Å². The third-order valence-corrected chi connectivity index (χ3v) is 12.0. The van der Waals surface area contributed by atoms with Crippen molar-refractivity contribution in [3.05, 3.63) is 36.5 Å². The SMILES string of the molecule is CCCCC/C=C/C/C=C/CCCCCCCCCC(=O)OC(COCCC(C(=O)[O-])[N+](C)(C)C)COC(=O)CCCCCCCCC/C=C/CCCCCCCCCCCCC. The Morgan fingerprint density at radius 1 is 0.476 bits per heavy atom. The largest absolute Gasteiger partial charge is 0.544 e. The lowest BCUT2D eigenvalue weighted by Gasteiger charge is -2.34. The maximum atomic E-state index is 12.8. The number of carbonyl (C=O) groups excluding carboxylic acids is 3. The Bertz CT molecular complexity index is 1130. The van der Waals surface area contributed by atoms with E-state index in [-0.39, 0.29) is 42.7 Å². The van der Waals surface area contributed by atoms with Crippen LogP contribution < -0.4 is 5.11 Å². The number of carboxylic acid groups (broad SMARTS) is 1. The molecule has 0 aliphatic carbocycles. The number of carbonyl (C=O) groups is 3. The van der Waals surface area contributed by atoms with Crippen molar-refractivity contribution in [1.82, 2.24) is 0 Å². The number of hydrogen-bond donors (Lipinski definition) is 0. The molecule has 0 amide bonds. The van der Waals surface area contributed by atoms with Gasteiger partial charge in [0.1, 0.15) is 12.6 Å². The molecule has 0 radical (unpaired) electrons. The van der Waals surface area contributed by atoms with Crippen molar-refractivity contribution in [3.63, 3.8) is 0 Å². The highest BCUT2D eigenvalue weighted by Crippen LogP contribution is 2.15. The Balaban J connectivity index is 4.21. The standard InChI is InChI=1S/C55H101NO7/c1-6-8-10-12-14-16-18-20-22-24-25-26-27-28-30-31-33-35-37-39-41-43-45-53(57)62-50-51(49-61-48-47-52(55(59)60)56(3,4)5)63-54(58)46-44-42-40-38-36-34-32-29-23-21-19-17-15-13-11-9-7-2/h15,17,21,23,27-28,51-52H,6-14,16,18-20,22,24-26,29-50H2,1-5H3/b17-15+,23-21+,28-27+. The monoisotopic (exact) mass is 888 g/mol. The minimum atomic E-state index is -1.13. The van der Waals surface area contributed by atoms with Gasteiger partial charge in [-0.05, 0) is 70.6 Å². The first-order valence-corrected chi connectivity index (χ1v) is 26.5. The van der Waals surface area contributed by atoms with Crippen LogP contribution in [0.25, 0.3) is 0 Å². The van der Waals surface area contributed by atoms with Gasteiger partial charge in [-0.2, -0.15) is 0 Å². The molecule has 0 aromatic rings. The molecule has 0 N–H and O–H groups in total. The van der Waals surface area contributed by atoms with Crippen LogP contribution in [-0.2, 0) is 28.6 Å². The molecule has 8 nitrogen and oxygen atoms in total. The zero-order valence-corrected chi connectivity index (χ0v) is 42.0. The summed E-state index contributed by atoms with van der Waals surface area (Å²) in [4.78, 5) is 37.0. The van der Waals surface area contributed by atoms with E-state index in [1.165, 1.54) is 161 Å². The van der Waals surface area contributed by atoms with E-state index in [2.05, 4.69) is 50.3 Å². The molecule has 0 bridgehead atoms. The molecule has 0 aliphatic heterocycles. The summed E-state index contributed by atoms with van der Waals surface area (Å²) >= 11 is 0. The van der Waals surface area contributed by atoms with E-state index in [0.29, 0.717) is 12.8 Å². The van der Waals surface area contributed by atoms with Crippen molar-refractivity contribution < 1.29 is 38.2 Å². The van der Waals surface area contributed by atoms with Crippen LogP contribution in [-0.4, -0.2) is 75.5 Å². The van der Waals surface area contributed by atoms with Crippen molar-refractivity contribution in [2.24, 2.45) is 0 Å². The summed E-state index contributed by atoms with van der Waals surface area (Å²) in [5, 5.41) is 11.7. The topological polar surface area (TPSA) is 102 Å². The average Bonchev–Trinajstić information content (AvgIpc) is 3.24. The highest BCUT2D eigenvalue weighted by molar-refractivity contribution is 5.70. The van der Waals surface area contributed by atoms with Gasteiger partial charge in [0.25, 0.3) is 0 Å². The molecule has 2 atom stereocenters. The Hall–Kier alpha value is -2.45. The lowest BCUT2D eigenvalue weighted by molar-refractivity contribution is -0.889. The maximum Gasteiger partial charge on any atom is 0.306 e. The Morgan fingerprint density at radius 3 is 1.27 bits per heavy atom. The number of rotatable bonds is 48. The van der Waals surface area contributed by atoms with Gasteiger partial charge < -0.3 is 28.6 Å². The Labute approximate surface area is 389 Å². The molecular formula is C55H101NO7. The van der Waals surface area contributed by atoms with E-state index in [1.54, 1.807) is 21.1 Å². The molecule has 0 heterocycles. The summed E-state index contributed by atoms with van der Waals surface area (Å²) in [6, 6.07) is -0.728. The van der Waals surface area contributed by atoms with Crippen LogP contribution in [0.3, 0.4) is 0 Å². The smallest absolute Gasteiger partial charge is 0.306 e. The number of quaternary nitrogens is 1. The first kappa shape index (κ1) is 60.5. The van der Waals surface area contributed by atoms with E-state index in [0.717, 1.165) is 51.4 Å². The second-order valence-corrected chi connectivity index (χ2v) is 19.1. The molecule has 0 spiro atoms. The zero-order chi connectivity index (χ0) is 46.3. The fourth-order valence-electron chi connectivity index (χ4n) is 7.86. The van der Waals surface area contributed by atoms with Gasteiger partial charge in [0.2, 0.25) is 0 Å². The van der Waals surface area contributed by atoms with Gasteiger partial charge in [-0.1, -0.05) is 192 Å². The van der Waals surface area contributed by atoms with Crippen molar-refractivity contribution in [2.75, 3.05) is 41.0 Å². The van der Waals surface area contributed by atoms with Gasteiger partial charge in [-0.3, -0.25) is 9.59 Å². The average molecular weight is 888 g/mol. The third-order valence-electron chi connectivity index (χ3n) is 12.0. The maximum absolute atomic E-state index is 12.8. The molecule has 0 saturated carbocycles. The van der Waals surface area contributed by atoms with E-state index in [9.17, 15) is 19.5 Å². The Morgan fingerprint density at radius 2 is 0.841 bits per heavy atom. The van der Waals surface area contributed by atoms with Crippen molar-refractivity contribution in [3.8, 4) is 0 Å². The second-order valence-electron chi connectivity index (χ2n) is 19.1. The van der Waals surface area contributed by atoms with E-state index >= 15 is 0 Å². The lowest BCUT2D eigenvalue weighted by Crippen LogP contribution is -2.55. The molecule has 0 aromatic carbocycles. The fourth-order valence-corrected chi connectivity index (χ4v) is 7.86. The van der Waals surface area contributed by atoms with E-state index in [1.807, 2.05) is 0 Å². The third kappa shape index (κ3) is 44.5. The van der Waals surface area contributed by atoms with Crippen LogP contribution in [0, 0.1) is 0 Å². The van der Waals surface area contributed by atoms with Crippen molar-refractivity contribution >= 4 is 17.9 Å². The fraction of sp³-hybridized carbons (Fsp3) is 0.836. The summed E-state index contributed by atoms with van der Waals surface area (Å²) in [6.07, 6.45) is 54.6. The molecule has 0 aliphatic rings. The van der Waals surface area contributed by atoms with Crippen LogP contribution in [0.2, 0.25) is 0 Å². The molecular weight excluding hydrogens is 787 g/mol. The highest BCUT2D eigenvalue weighted by Gasteiger charge is 2.25. The van der Waals surface area contributed by atoms with Gasteiger partial charge in [0.15, 0.2) is 6.10 Å². The van der Waals surface area contributed by atoms with Crippen LogP contribution in [0.15, 0.2) is 36.5 Å². The number of hydrogen-bond acceptors (Lipinski definition) is 7. The van der Waals surface area contributed by atoms with Crippen LogP contribution >= 0.6 is 0 Å². The van der Waals surface area contributed by atoms with Crippen molar-refractivity contribution in [2.45, 2.75) is 257 Å². The van der Waals surface area contributed by atoms with Gasteiger partial charge in [0, 0.05) is 19.3 Å². The summed E-state index contributed by atoms with van der Waals surface area (Å²) < 4.78 is 17.2. The first-order chi connectivity index (χ1) is 30.6. The second kappa shape index (κ2) is 46.1. The highest BCUT2D eigenvalue weighted by atomic mass is 16.6. The number of ether oxygens (including phenoxy) is 3. The minimum absolute atomic E-state index is 0.0378. The van der Waals surface area contributed by atoms with Crippen molar-refractivity contribution in [1.29, 1.82) is 0 Å². The van der Waals surface area contributed by atoms with Gasteiger partial charge in [0.05, 0.1) is 40.3 Å². The van der Waals surface area contributed by atoms with E-state index < -0.39 is 18.1 Å². The van der Waals surface area contributed by atoms with E-state index in [4.69, 9.17) is 14.2 Å².